The Morgan fingerprint density at radius 1 is 1.21 bits per heavy atom. The number of hydrogen-bond donors (Lipinski definition) is 2. The number of amides is 1. The van der Waals surface area contributed by atoms with Crippen LogP contribution in [0, 0.1) is 24.7 Å². The van der Waals surface area contributed by atoms with E-state index in [0.717, 1.165) is 63.6 Å². The summed E-state index contributed by atoms with van der Waals surface area (Å²) in [4.78, 5) is 14.4. The van der Waals surface area contributed by atoms with Gasteiger partial charge in [-0.15, -0.1) is 0 Å². The van der Waals surface area contributed by atoms with Crippen molar-refractivity contribution in [2.75, 3.05) is 13.1 Å². The largest absolute Gasteiger partial charge is 0.392 e. The normalized spacial score (nSPS) is 28.2. The molecule has 0 aromatic heterocycles. The third kappa shape index (κ3) is 6.58. The van der Waals surface area contributed by atoms with Crippen molar-refractivity contribution in [2.24, 2.45) is 17.8 Å². The number of carbonyl (C=O) groups is 1. The molecule has 4 rings (SSSR count). The molecule has 1 heterocycles. The first-order chi connectivity index (χ1) is 16.0. The molecule has 1 aliphatic heterocycles. The molecule has 4 heteroatoms. The highest BCUT2D eigenvalue weighted by atomic mass is 16.3. The summed E-state index contributed by atoms with van der Waals surface area (Å²) in [5.74, 6) is 1.36. The van der Waals surface area contributed by atoms with E-state index in [2.05, 4.69) is 42.2 Å². The van der Waals surface area contributed by atoms with Crippen molar-refractivity contribution in [3.63, 3.8) is 0 Å². The summed E-state index contributed by atoms with van der Waals surface area (Å²) >= 11 is 0. The number of carbonyl (C=O) groups excluding carboxylic acids is 1. The molecule has 4 nitrogen and oxygen atoms in total. The Kier molecular flexibility index (Phi) is 8.43. The number of aryl methyl sites for hydroxylation is 1. The van der Waals surface area contributed by atoms with E-state index < -0.39 is 6.10 Å². The number of allylic oxidation sites excluding steroid dienone is 2. The second-order valence-electron chi connectivity index (χ2n) is 10.5. The summed E-state index contributed by atoms with van der Waals surface area (Å²) in [6.45, 7) is 3.96. The topological polar surface area (TPSA) is 60.8 Å². The Labute approximate surface area is 199 Å². The number of likely N-dealkylation sites (tertiary alicyclic amines) is 1. The number of hydrogen-bond acceptors (Lipinski definition) is 3. The van der Waals surface area contributed by atoms with Gasteiger partial charge in [-0.2, -0.15) is 0 Å². The minimum atomic E-state index is -0.524. The number of piperidine rings is 1. The summed E-state index contributed by atoms with van der Waals surface area (Å²) in [7, 11) is 0. The summed E-state index contributed by atoms with van der Waals surface area (Å²) in [5.41, 5.74) is 3.85. The lowest BCUT2D eigenvalue weighted by molar-refractivity contribution is -0.132. The van der Waals surface area contributed by atoms with Gasteiger partial charge in [0.1, 0.15) is 0 Å². The number of aliphatic hydroxyl groups excluding tert-OH is 2. The average molecular weight is 452 g/mol. The van der Waals surface area contributed by atoms with E-state index in [4.69, 9.17) is 0 Å². The fourth-order valence-corrected chi connectivity index (χ4v) is 6.13. The molecule has 0 spiro atoms. The maximum atomic E-state index is 12.3. The number of fused-ring (bicyclic) bond motifs is 1. The molecule has 0 unspecified atom stereocenters. The van der Waals surface area contributed by atoms with Gasteiger partial charge in [0.15, 0.2) is 0 Å². The van der Waals surface area contributed by atoms with Gasteiger partial charge in [0, 0.05) is 31.8 Å². The van der Waals surface area contributed by atoms with E-state index in [0.29, 0.717) is 30.6 Å². The summed E-state index contributed by atoms with van der Waals surface area (Å²) in [6, 6.07) is 8.27. The molecule has 3 aliphatic rings. The number of aliphatic hydroxyl groups is 2. The predicted molar refractivity (Wildman–Crippen MR) is 133 cm³/mol. The van der Waals surface area contributed by atoms with Crippen LogP contribution >= 0.6 is 0 Å². The highest BCUT2D eigenvalue weighted by Crippen LogP contribution is 2.48. The van der Waals surface area contributed by atoms with Crippen LogP contribution in [0.4, 0.5) is 0 Å². The summed E-state index contributed by atoms with van der Waals surface area (Å²) in [6.07, 6.45) is 15.4. The molecule has 2 aliphatic carbocycles. The van der Waals surface area contributed by atoms with E-state index >= 15 is 0 Å². The third-order valence-corrected chi connectivity index (χ3v) is 7.88. The molecule has 5 atom stereocenters. The average Bonchev–Trinajstić information content (AvgIpc) is 3.32. The third-order valence-electron chi connectivity index (χ3n) is 7.88. The molecule has 2 N–H and O–H groups in total. The standard InChI is InChI=1S/C29H41NO3/c1-21-8-7-10-22(16-21)18-25(31)12-13-26-27-19-23(17-24(27)20-28(26)32)9-3-4-11-29(33)30-14-5-2-6-15-30/h7-8,10,12-13,16-17,24-28,31-32H,2-6,9,11,14-15,18-20H2,1H3/b13-12+/t24-,25+,26+,27-,28+/m0/s1. The minimum absolute atomic E-state index is 0.122. The molecular weight excluding hydrogens is 410 g/mol. The summed E-state index contributed by atoms with van der Waals surface area (Å²) < 4.78 is 0. The maximum absolute atomic E-state index is 12.3. The smallest absolute Gasteiger partial charge is 0.222 e. The van der Waals surface area contributed by atoms with Crippen LogP contribution in [0.2, 0.25) is 0 Å². The van der Waals surface area contributed by atoms with Gasteiger partial charge in [0.25, 0.3) is 0 Å². The molecule has 0 radical (unpaired) electrons. The van der Waals surface area contributed by atoms with E-state index in [1.165, 1.54) is 17.6 Å². The van der Waals surface area contributed by atoms with Crippen LogP contribution in [-0.4, -0.2) is 46.3 Å². The van der Waals surface area contributed by atoms with Crippen LogP contribution in [0.15, 0.2) is 48.1 Å². The molecular formula is C29H41NO3. The SMILES string of the molecule is Cc1cccc(C[C@H](O)/C=C/[C@@H]2[C@H]3CC(CCCCC(=O)N4CCCCC4)=C[C@H]3C[C@H]2O)c1. The first kappa shape index (κ1) is 24.2. The highest BCUT2D eigenvalue weighted by molar-refractivity contribution is 5.76. The number of nitrogens with zero attached hydrogens (tertiary/aromatic N) is 1. The van der Waals surface area contributed by atoms with Crippen molar-refractivity contribution < 1.29 is 15.0 Å². The minimum Gasteiger partial charge on any atom is -0.392 e. The lowest BCUT2D eigenvalue weighted by Gasteiger charge is -2.26. The van der Waals surface area contributed by atoms with Crippen LogP contribution in [0.3, 0.4) is 0 Å². The van der Waals surface area contributed by atoms with Crippen molar-refractivity contribution in [1.29, 1.82) is 0 Å². The predicted octanol–water partition coefficient (Wildman–Crippen LogP) is 4.97. The molecule has 2 fully saturated rings. The van der Waals surface area contributed by atoms with Gasteiger partial charge >= 0.3 is 0 Å². The van der Waals surface area contributed by atoms with Crippen molar-refractivity contribution in [2.45, 2.75) is 83.3 Å². The van der Waals surface area contributed by atoms with Gasteiger partial charge in [0.05, 0.1) is 12.2 Å². The molecule has 1 aromatic rings. The van der Waals surface area contributed by atoms with E-state index in [1.807, 2.05) is 12.1 Å². The van der Waals surface area contributed by atoms with Crippen LogP contribution < -0.4 is 0 Å². The highest BCUT2D eigenvalue weighted by Gasteiger charge is 2.43. The van der Waals surface area contributed by atoms with Crippen molar-refractivity contribution >= 4 is 5.91 Å². The van der Waals surface area contributed by atoms with Gasteiger partial charge in [-0.25, -0.2) is 0 Å². The maximum Gasteiger partial charge on any atom is 0.222 e. The van der Waals surface area contributed by atoms with E-state index in [-0.39, 0.29) is 12.0 Å². The molecule has 180 valence electrons. The lowest BCUT2D eigenvalue weighted by Crippen LogP contribution is -2.35. The van der Waals surface area contributed by atoms with Crippen LogP contribution in [0.25, 0.3) is 0 Å². The molecule has 33 heavy (non-hydrogen) atoms. The molecule has 1 saturated carbocycles. The van der Waals surface area contributed by atoms with Gasteiger partial charge < -0.3 is 15.1 Å². The molecule has 0 bridgehead atoms. The molecule has 1 saturated heterocycles. The second kappa shape index (κ2) is 11.5. The van der Waals surface area contributed by atoms with Crippen molar-refractivity contribution in [1.82, 2.24) is 4.90 Å². The van der Waals surface area contributed by atoms with Crippen LogP contribution in [0.1, 0.15) is 68.9 Å². The van der Waals surface area contributed by atoms with Crippen LogP contribution in [-0.2, 0) is 11.2 Å². The Bertz CT molecular complexity index is 854. The van der Waals surface area contributed by atoms with Gasteiger partial charge in [-0.05, 0) is 75.7 Å². The fourth-order valence-electron chi connectivity index (χ4n) is 6.13. The van der Waals surface area contributed by atoms with Crippen molar-refractivity contribution in [3.8, 4) is 0 Å². The zero-order valence-electron chi connectivity index (χ0n) is 20.2. The quantitative estimate of drug-likeness (QED) is 0.412. The fraction of sp³-hybridized carbons (Fsp3) is 0.621. The Morgan fingerprint density at radius 2 is 2.03 bits per heavy atom. The van der Waals surface area contributed by atoms with E-state index in [9.17, 15) is 15.0 Å². The zero-order valence-corrected chi connectivity index (χ0v) is 20.2. The van der Waals surface area contributed by atoms with Crippen LogP contribution in [0.5, 0.6) is 0 Å². The van der Waals surface area contributed by atoms with E-state index in [1.54, 1.807) is 0 Å². The first-order valence-corrected chi connectivity index (χ1v) is 13.1. The Hall–Kier alpha value is -1.91. The zero-order chi connectivity index (χ0) is 23.2. The number of unbranched alkanes of at least 4 members (excludes halogenated alkanes) is 1. The summed E-state index contributed by atoms with van der Waals surface area (Å²) in [5, 5.41) is 21.1. The van der Waals surface area contributed by atoms with Gasteiger partial charge in [-0.1, -0.05) is 53.6 Å². The van der Waals surface area contributed by atoms with Gasteiger partial charge in [-0.3, -0.25) is 4.79 Å². The monoisotopic (exact) mass is 451 g/mol. The van der Waals surface area contributed by atoms with Crippen molar-refractivity contribution in [3.05, 3.63) is 59.2 Å². The Balaban J connectivity index is 1.21. The number of benzene rings is 1. The molecule has 1 aromatic carbocycles. The number of rotatable bonds is 9. The molecule has 1 amide bonds. The first-order valence-electron chi connectivity index (χ1n) is 13.1. The second-order valence-corrected chi connectivity index (χ2v) is 10.5. The van der Waals surface area contributed by atoms with Gasteiger partial charge in [0.2, 0.25) is 5.91 Å². The Morgan fingerprint density at radius 3 is 2.82 bits per heavy atom. The lowest BCUT2D eigenvalue weighted by atomic mass is 9.88.